The zero-order valence-electron chi connectivity index (χ0n) is 17.7. The van der Waals surface area contributed by atoms with Crippen molar-refractivity contribution in [3.63, 3.8) is 0 Å². The summed E-state index contributed by atoms with van der Waals surface area (Å²) < 4.78 is 34.0. The highest BCUT2D eigenvalue weighted by molar-refractivity contribution is 9.10. The molecule has 4 rings (SSSR count). The fourth-order valence-electron chi connectivity index (χ4n) is 3.39. The fourth-order valence-corrected chi connectivity index (χ4v) is 6.29. The highest BCUT2D eigenvalue weighted by Crippen LogP contribution is 2.31. The van der Waals surface area contributed by atoms with Crippen LogP contribution in [0, 0.1) is 0 Å². The number of para-hydroxylation sites is 1. The van der Waals surface area contributed by atoms with Gasteiger partial charge in [-0.15, -0.1) is 0 Å². The lowest BCUT2D eigenvalue weighted by molar-refractivity contribution is 0.0933. The maximum atomic E-state index is 13.0. The summed E-state index contributed by atoms with van der Waals surface area (Å²) in [5, 5.41) is 3.22. The second-order valence-electron chi connectivity index (χ2n) is 7.17. The van der Waals surface area contributed by atoms with Crippen molar-refractivity contribution >= 4 is 64.6 Å². The molecule has 0 aliphatic carbocycles. The number of nitrogens with one attached hydrogen (secondary N) is 1. The van der Waals surface area contributed by atoms with Gasteiger partial charge < -0.3 is 9.64 Å². The Bertz CT molecular complexity index is 1290. The minimum absolute atomic E-state index is 0.0903. The molecule has 1 N–H and O–H groups in total. The van der Waals surface area contributed by atoms with Crippen molar-refractivity contribution in [1.82, 2.24) is 14.2 Å². The molecule has 1 aliphatic rings. The first-order valence-electron chi connectivity index (χ1n) is 10.2. The molecule has 0 saturated carbocycles. The van der Waals surface area contributed by atoms with Crippen molar-refractivity contribution in [3.8, 4) is 0 Å². The lowest BCUT2D eigenvalue weighted by Crippen LogP contribution is -2.50. The van der Waals surface area contributed by atoms with E-state index in [1.165, 1.54) is 44.8 Å². The molecule has 3 aromatic rings. The highest BCUT2D eigenvalue weighted by Gasteiger charge is 2.30. The molecule has 0 unspecified atom stereocenters. The lowest BCUT2D eigenvalue weighted by Gasteiger charge is -2.33. The van der Waals surface area contributed by atoms with Gasteiger partial charge in [-0.05, 0) is 59.3 Å². The third-order valence-corrected chi connectivity index (χ3v) is 8.60. The van der Waals surface area contributed by atoms with E-state index < -0.39 is 16.1 Å². The number of benzene rings is 2. The number of hydrogen-bond donors (Lipinski definition) is 1. The Labute approximate surface area is 203 Å². The molecule has 0 spiro atoms. The highest BCUT2D eigenvalue weighted by atomic mass is 79.9. The van der Waals surface area contributed by atoms with E-state index in [1.54, 1.807) is 6.92 Å². The molecule has 2 aromatic carbocycles. The molecule has 1 aromatic heterocycles. The van der Waals surface area contributed by atoms with Crippen LogP contribution in [0.4, 0.5) is 9.93 Å². The van der Waals surface area contributed by atoms with Crippen LogP contribution in [0.1, 0.15) is 17.3 Å². The minimum atomic E-state index is -3.74. The number of anilines is 1. The smallest absolute Gasteiger partial charge is 0.409 e. The molecule has 1 saturated heterocycles. The number of fused-ring (bicyclic) bond motifs is 1. The monoisotopic (exact) mass is 552 g/mol. The van der Waals surface area contributed by atoms with Crippen LogP contribution in [0.15, 0.2) is 51.8 Å². The van der Waals surface area contributed by atoms with Gasteiger partial charge >= 0.3 is 6.09 Å². The molecular weight excluding hydrogens is 532 g/mol. The van der Waals surface area contributed by atoms with Gasteiger partial charge in [0.15, 0.2) is 5.13 Å². The van der Waals surface area contributed by atoms with Gasteiger partial charge in [0.25, 0.3) is 5.91 Å². The van der Waals surface area contributed by atoms with Crippen molar-refractivity contribution in [2.24, 2.45) is 0 Å². The number of ether oxygens (including phenoxy) is 1. The number of amides is 2. The Morgan fingerprint density at radius 2 is 1.82 bits per heavy atom. The van der Waals surface area contributed by atoms with E-state index >= 15 is 0 Å². The average Bonchev–Trinajstić information content (AvgIpc) is 3.23. The van der Waals surface area contributed by atoms with E-state index in [-0.39, 0.29) is 43.6 Å². The van der Waals surface area contributed by atoms with E-state index in [9.17, 15) is 18.0 Å². The van der Waals surface area contributed by atoms with Gasteiger partial charge in [0.1, 0.15) is 0 Å². The van der Waals surface area contributed by atoms with Crippen molar-refractivity contribution in [3.05, 3.63) is 52.5 Å². The van der Waals surface area contributed by atoms with Crippen molar-refractivity contribution in [1.29, 1.82) is 0 Å². The van der Waals surface area contributed by atoms with Gasteiger partial charge in [-0.2, -0.15) is 4.31 Å². The number of thiazole rings is 1. The average molecular weight is 553 g/mol. The SMILES string of the molecule is CCOC(=O)N1CCN(S(=O)(=O)c2ccc(C(=O)Nc3nc4c(Br)cccc4s3)cc2)CC1. The molecule has 12 heteroatoms. The summed E-state index contributed by atoms with van der Waals surface area (Å²) in [6.45, 7) is 2.87. The summed E-state index contributed by atoms with van der Waals surface area (Å²) in [7, 11) is -3.74. The lowest BCUT2D eigenvalue weighted by atomic mass is 10.2. The van der Waals surface area contributed by atoms with E-state index in [1.807, 2.05) is 18.2 Å². The first-order valence-corrected chi connectivity index (χ1v) is 13.2. The van der Waals surface area contributed by atoms with Crippen LogP contribution in [0.5, 0.6) is 0 Å². The van der Waals surface area contributed by atoms with E-state index in [0.717, 1.165) is 14.7 Å². The number of rotatable bonds is 5. The minimum Gasteiger partial charge on any atom is -0.450 e. The quantitative estimate of drug-likeness (QED) is 0.516. The topological polar surface area (TPSA) is 109 Å². The zero-order chi connectivity index (χ0) is 23.6. The Morgan fingerprint density at radius 3 is 2.45 bits per heavy atom. The molecule has 1 fully saturated rings. The molecule has 9 nitrogen and oxygen atoms in total. The summed E-state index contributed by atoms with van der Waals surface area (Å²) in [4.78, 5) is 30.4. The Kier molecular flexibility index (Phi) is 6.98. The number of hydrogen-bond acceptors (Lipinski definition) is 7. The van der Waals surface area contributed by atoms with Crippen molar-refractivity contribution in [2.75, 3.05) is 38.1 Å². The third-order valence-electron chi connectivity index (χ3n) is 5.11. The van der Waals surface area contributed by atoms with Crippen molar-refractivity contribution in [2.45, 2.75) is 11.8 Å². The molecule has 1 aliphatic heterocycles. The molecule has 174 valence electrons. The fraction of sp³-hybridized carbons (Fsp3) is 0.286. The normalized spacial score (nSPS) is 14.9. The van der Waals surface area contributed by atoms with Gasteiger partial charge in [0, 0.05) is 36.2 Å². The van der Waals surface area contributed by atoms with E-state index in [0.29, 0.717) is 10.7 Å². The summed E-state index contributed by atoms with van der Waals surface area (Å²) in [5.74, 6) is -0.378. The first kappa shape index (κ1) is 23.6. The van der Waals surface area contributed by atoms with Crippen LogP contribution in [0.25, 0.3) is 10.2 Å². The standard InChI is InChI=1S/C21H21BrN4O5S2/c1-2-31-21(28)25-10-12-26(13-11-25)33(29,30)15-8-6-14(7-9-15)19(27)24-20-23-18-16(22)4-3-5-17(18)32-20/h3-9H,2,10-13H2,1H3,(H,23,24,27). The second kappa shape index (κ2) is 9.75. The second-order valence-corrected chi connectivity index (χ2v) is 11.0. The van der Waals surface area contributed by atoms with Gasteiger partial charge in [-0.1, -0.05) is 17.4 Å². The number of sulfonamides is 1. The number of piperazine rings is 1. The van der Waals surface area contributed by atoms with Crippen LogP contribution in [-0.4, -0.2) is 67.4 Å². The van der Waals surface area contributed by atoms with Crippen LogP contribution in [0.3, 0.4) is 0 Å². The largest absolute Gasteiger partial charge is 0.450 e. The van der Waals surface area contributed by atoms with Gasteiger partial charge in [-0.3, -0.25) is 10.1 Å². The third kappa shape index (κ3) is 5.03. The zero-order valence-corrected chi connectivity index (χ0v) is 20.9. The van der Waals surface area contributed by atoms with Crippen LogP contribution in [-0.2, 0) is 14.8 Å². The van der Waals surface area contributed by atoms with Gasteiger partial charge in [-0.25, -0.2) is 18.2 Å². The molecular formula is C21H21BrN4O5S2. The van der Waals surface area contributed by atoms with Crippen LogP contribution in [0.2, 0.25) is 0 Å². The van der Waals surface area contributed by atoms with E-state index in [2.05, 4.69) is 26.2 Å². The molecule has 0 atom stereocenters. The number of halogens is 1. The maximum absolute atomic E-state index is 13.0. The molecule has 33 heavy (non-hydrogen) atoms. The summed E-state index contributed by atoms with van der Waals surface area (Å²) >= 11 is 4.80. The Balaban J connectivity index is 1.42. The number of aromatic nitrogens is 1. The van der Waals surface area contributed by atoms with E-state index in [4.69, 9.17) is 4.74 Å². The number of carbonyl (C=O) groups excluding carboxylic acids is 2. The predicted octanol–water partition coefficient (Wildman–Crippen LogP) is 3.77. The summed E-state index contributed by atoms with van der Waals surface area (Å²) in [5.41, 5.74) is 1.08. The molecule has 2 amide bonds. The Hall–Kier alpha value is -2.54. The van der Waals surface area contributed by atoms with Gasteiger partial charge in [0.05, 0.1) is 21.7 Å². The number of carbonyl (C=O) groups is 2. The summed E-state index contributed by atoms with van der Waals surface area (Å²) in [6, 6.07) is 11.5. The molecule has 0 radical (unpaired) electrons. The van der Waals surface area contributed by atoms with Crippen LogP contribution >= 0.6 is 27.3 Å². The van der Waals surface area contributed by atoms with Gasteiger partial charge in [0.2, 0.25) is 10.0 Å². The summed E-state index contributed by atoms with van der Waals surface area (Å²) in [6.07, 6.45) is -0.439. The predicted molar refractivity (Wildman–Crippen MR) is 129 cm³/mol. The number of nitrogens with zero attached hydrogens (tertiary/aromatic N) is 3. The maximum Gasteiger partial charge on any atom is 0.409 e. The molecule has 0 bridgehead atoms. The first-order chi connectivity index (χ1) is 15.8. The van der Waals surface area contributed by atoms with Crippen LogP contribution < -0.4 is 5.32 Å². The Morgan fingerprint density at radius 1 is 1.12 bits per heavy atom. The molecule has 2 heterocycles. The van der Waals surface area contributed by atoms with Crippen molar-refractivity contribution < 1.29 is 22.7 Å².